The number of hydrogen-bond acceptors (Lipinski definition) is 2. The van der Waals surface area contributed by atoms with Gasteiger partial charge in [0, 0.05) is 18.8 Å². The number of benzene rings is 1. The maximum absolute atomic E-state index is 11.6. The maximum Gasteiger partial charge on any atom is 0.247 e. The molecule has 0 N–H and O–H groups in total. The van der Waals surface area contributed by atoms with Crippen molar-refractivity contribution in [1.29, 1.82) is 5.26 Å². The van der Waals surface area contributed by atoms with Crippen molar-refractivity contribution in [2.45, 2.75) is 6.54 Å². The van der Waals surface area contributed by atoms with E-state index in [2.05, 4.69) is 6.07 Å². The summed E-state index contributed by atoms with van der Waals surface area (Å²) < 4.78 is 1.84. The number of aromatic nitrogens is 1. The van der Waals surface area contributed by atoms with Gasteiger partial charge in [0.1, 0.15) is 24.0 Å². The van der Waals surface area contributed by atoms with Crippen molar-refractivity contribution in [2.24, 2.45) is 0 Å². The van der Waals surface area contributed by atoms with Crippen LogP contribution in [0.1, 0.15) is 5.56 Å². The van der Waals surface area contributed by atoms with E-state index < -0.39 is 0 Å². The topological polar surface area (TPSA) is 49.0 Å². The molecular weight excluding hydrogens is 226 g/mol. The number of fused-ring (bicyclic) bond motifs is 1. The molecule has 4 heteroatoms. The average Bonchev–Trinajstić information content (AvgIpc) is 2.88. The van der Waals surface area contributed by atoms with Gasteiger partial charge in [-0.25, -0.2) is 0 Å². The second-order valence-corrected chi connectivity index (χ2v) is 4.30. The van der Waals surface area contributed by atoms with Gasteiger partial charge in [0.05, 0.1) is 0 Å². The molecule has 0 fully saturated rings. The molecule has 4 nitrogen and oxygen atoms in total. The second kappa shape index (κ2) is 3.74. The minimum absolute atomic E-state index is 0.0149. The summed E-state index contributed by atoms with van der Waals surface area (Å²) in [6, 6.07) is 12.0. The van der Waals surface area contributed by atoms with Gasteiger partial charge in [-0.15, -0.1) is 0 Å². The zero-order valence-corrected chi connectivity index (χ0v) is 9.92. The molecule has 2 heterocycles. The monoisotopic (exact) mass is 237 g/mol. The molecule has 1 aromatic heterocycles. The first-order chi connectivity index (χ1) is 8.72. The lowest BCUT2D eigenvalue weighted by Gasteiger charge is -2.08. The number of carbonyl (C=O) groups excluding carboxylic acids is 1. The first-order valence-corrected chi connectivity index (χ1v) is 5.67. The molecule has 0 saturated carbocycles. The standard InChI is InChI=1S/C14H11N3O/c1-16-13(18)9-17-8-12(11(7-15)14(16)17)10-5-3-2-4-6-10/h2-6,8H,9H2,1H3. The lowest BCUT2D eigenvalue weighted by atomic mass is 10.0. The summed E-state index contributed by atoms with van der Waals surface area (Å²) in [7, 11) is 1.71. The van der Waals surface area contributed by atoms with Crippen molar-refractivity contribution >= 4 is 11.7 Å². The van der Waals surface area contributed by atoms with E-state index in [-0.39, 0.29) is 5.91 Å². The summed E-state index contributed by atoms with van der Waals surface area (Å²) in [5, 5.41) is 9.34. The molecule has 1 aliphatic rings. The Labute approximate surface area is 105 Å². The summed E-state index contributed by atoms with van der Waals surface area (Å²) in [6.45, 7) is 0.313. The number of anilines is 1. The van der Waals surface area contributed by atoms with E-state index in [1.165, 1.54) is 0 Å². The van der Waals surface area contributed by atoms with Crippen LogP contribution in [0.2, 0.25) is 0 Å². The number of likely N-dealkylation sites (N-methyl/N-ethyl adjacent to an activating group) is 1. The van der Waals surface area contributed by atoms with Crippen molar-refractivity contribution in [3.05, 3.63) is 42.1 Å². The molecule has 3 rings (SSSR count). The maximum atomic E-state index is 11.6. The fraction of sp³-hybridized carbons (Fsp3) is 0.143. The minimum atomic E-state index is 0.0149. The zero-order chi connectivity index (χ0) is 12.7. The Balaban J connectivity index is 2.21. The van der Waals surface area contributed by atoms with Crippen molar-refractivity contribution in [3.63, 3.8) is 0 Å². The Morgan fingerprint density at radius 2 is 2.00 bits per heavy atom. The molecule has 0 aliphatic carbocycles. The number of rotatable bonds is 1. The third-order valence-corrected chi connectivity index (χ3v) is 3.24. The number of nitriles is 1. The van der Waals surface area contributed by atoms with Gasteiger partial charge in [-0.1, -0.05) is 30.3 Å². The van der Waals surface area contributed by atoms with E-state index in [0.717, 1.165) is 11.1 Å². The summed E-state index contributed by atoms with van der Waals surface area (Å²) in [4.78, 5) is 13.2. The molecule has 88 valence electrons. The van der Waals surface area contributed by atoms with Crippen LogP contribution in [-0.2, 0) is 11.3 Å². The van der Waals surface area contributed by atoms with Crippen LogP contribution < -0.4 is 4.90 Å². The van der Waals surface area contributed by atoms with Crippen LogP contribution in [0.4, 0.5) is 5.82 Å². The molecule has 0 radical (unpaired) electrons. The summed E-state index contributed by atoms with van der Waals surface area (Å²) in [5.74, 6) is 0.711. The van der Waals surface area contributed by atoms with Gasteiger partial charge in [0.25, 0.3) is 0 Å². The quantitative estimate of drug-likeness (QED) is 0.761. The van der Waals surface area contributed by atoms with Crippen LogP contribution in [0.3, 0.4) is 0 Å². The first-order valence-electron chi connectivity index (χ1n) is 5.67. The highest BCUT2D eigenvalue weighted by Crippen LogP contribution is 2.35. The second-order valence-electron chi connectivity index (χ2n) is 4.30. The number of amides is 1. The van der Waals surface area contributed by atoms with Gasteiger partial charge >= 0.3 is 0 Å². The SMILES string of the molecule is CN1C(=O)Cn2cc(-c3ccccc3)c(C#N)c21. The number of nitrogens with zero attached hydrogens (tertiary/aromatic N) is 3. The van der Waals surface area contributed by atoms with E-state index in [1.807, 2.05) is 41.1 Å². The fourth-order valence-corrected chi connectivity index (χ4v) is 2.34. The highest BCUT2D eigenvalue weighted by Gasteiger charge is 2.29. The predicted molar refractivity (Wildman–Crippen MR) is 68.0 cm³/mol. The van der Waals surface area contributed by atoms with Crippen molar-refractivity contribution in [3.8, 4) is 17.2 Å². The third-order valence-electron chi connectivity index (χ3n) is 3.24. The summed E-state index contributed by atoms with van der Waals surface area (Å²) >= 11 is 0. The van der Waals surface area contributed by atoms with Crippen LogP contribution in [-0.4, -0.2) is 17.5 Å². The molecule has 0 atom stereocenters. The van der Waals surface area contributed by atoms with Gasteiger partial charge in [-0.3, -0.25) is 9.69 Å². The molecule has 1 aliphatic heterocycles. The molecule has 0 saturated heterocycles. The van der Waals surface area contributed by atoms with Crippen LogP contribution in [0.15, 0.2) is 36.5 Å². The van der Waals surface area contributed by atoms with Gasteiger partial charge < -0.3 is 4.57 Å². The van der Waals surface area contributed by atoms with Crippen molar-refractivity contribution < 1.29 is 4.79 Å². The van der Waals surface area contributed by atoms with Gasteiger partial charge in [-0.05, 0) is 5.56 Å². The molecule has 0 spiro atoms. The molecule has 0 bridgehead atoms. The van der Waals surface area contributed by atoms with E-state index in [9.17, 15) is 10.1 Å². The lowest BCUT2D eigenvalue weighted by molar-refractivity contribution is -0.117. The Kier molecular flexibility index (Phi) is 2.20. The molecule has 1 amide bonds. The fourth-order valence-electron chi connectivity index (χ4n) is 2.34. The van der Waals surface area contributed by atoms with Crippen LogP contribution in [0.5, 0.6) is 0 Å². The zero-order valence-electron chi connectivity index (χ0n) is 9.92. The third kappa shape index (κ3) is 1.34. The molecule has 0 unspecified atom stereocenters. The Morgan fingerprint density at radius 1 is 1.28 bits per heavy atom. The van der Waals surface area contributed by atoms with E-state index >= 15 is 0 Å². The highest BCUT2D eigenvalue weighted by molar-refractivity contribution is 5.99. The normalized spacial score (nSPS) is 13.6. The molecule has 1 aromatic carbocycles. The van der Waals surface area contributed by atoms with Gasteiger partial charge in [0.2, 0.25) is 5.91 Å². The predicted octanol–water partition coefficient (Wildman–Crippen LogP) is 2.00. The largest absolute Gasteiger partial charge is 0.323 e. The van der Waals surface area contributed by atoms with E-state index in [0.29, 0.717) is 17.9 Å². The first kappa shape index (κ1) is 10.6. The van der Waals surface area contributed by atoms with Gasteiger partial charge in [0.15, 0.2) is 0 Å². The van der Waals surface area contributed by atoms with Crippen molar-refractivity contribution in [2.75, 3.05) is 11.9 Å². The minimum Gasteiger partial charge on any atom is -0.323 e. The van der Waals surface area contributed by atoms with Crippen molar-refractivity contribution in [1.82, 2.24) is 4.57 Å². The molecule has 2 aromatic rings. The molecular formula is C14H11N3O. The van der Waals surface area contributed by atoms with E-state index in [1.54, 1.807) is 11.9 Å². The van der Waals surface area contributed by atoms with Gasteiger partial charge in [-0.2, -0.15) is 5.26 Å². The Morgan fingerprint density at radius 3 is 2.67 bits per heavy atom. The van der Waals surface area contributed by atoms with Crippen LogP contribution in [0, 0.1) is 11.3 Å². The molecule has 18 heavy (non-hydrogen) atoms. The number of carbonyl (C=O) groups is 1. The Bertz CT molecular complexity index is 664. The number of hydrogen-bond donors (Lipinski definition) is 0. The summed E-state index contributed by atoms with van der Waals surface area (Å²) in [6.07, 6.45) is 1.88. The van der Waals surface area contributed by atoms with Crippen LogP contribution >= 0.6 is 0 Å². The average molecular weight is 237 g/mol. The van der Waals surface area contributed by atoms with E-state index in [4.69, 9.17) is 0 Å². The van der Waals surface area contributed by atoms with Crippen LogP contribution in [0.25, 0.3) is 11.1 Å². The summed E-state index contributed by atoms with van der Waals surface area (Å²) in [5.41, 5.74) is 2.44. The highest BCUT2D eigenvalue weighted by atomic mass is 16.2. The smallest absolute Gasteiger partial charge is 0.247 e. The lowest BCUT2D eigenvalue weighted by Crippen LogP contribution is -2.21. The Hall–Kier alpha value is -2.54.